The number of hydrogen-bond acceptors (Lipinski definition) is 2. The Morgan fingerprint density at radius 1 is 0.906 bits per heavy atom. The Hall–Kier alpha value is -3.13. The van der Waals surface area contributed by atoms with E-state index in [0.29, 0.717) is 12.5 Å². The average molecular weight is 537 g/mol. The number of hydrogen-bond donors (Lipinski definition) is 2. The van der Waals surface area contributed by atoms with Gasteiger partial charge in [0.25, 0.3) is 0 Å². The van der Waals surface area contributed by atoms with E-state index >= 15 is 0 Å². The minimum Gasteiger partial charge on any atom is -0.370 e. The van der Waals surface area contributed by atoms with Crippen molar-refractivity contribution in [1.82, 2.24) is 14.9 Å². The molecule has 0 aliphatic rings. The molecule has 0 radical (unpaired) electrons. The summed E-state index contributed by atoms with van der Waals surface area (Å²) in [4.78, 5) is 8.65. The fraction of sp³-hybridized carbons (Fsp3) is 0.154. The van der Waals surface area contributed by atoms with Crippen LogP contribution < -0.4 is 11.1 Å². The summed E-state index contributed by atoms with van der Waals surface area (Å²) in [6, 6.07) is 27.3. The predicted molar refractivity (Wildman–Crippen MR) is 142 cm³/mol. The van der Waals surface area contributed by atoms with Gasteiger partial charge in [-0.25, -0.2) is 9.98 Å². The van der Waals surface area contributed by atoms with Gasteiger partial charge in [0.05, 0.1) is 12.9 Å². The van der Waals surface area contributed by atoms with Gasteiger partial charge in [-0.1, -0.05) is 78.9 Å². The van der Waals surface area contributed by atoms with E-state index in [4.69, 9.17) is 5.73 Å². The lowest BCUT2D eigenvalue weighted by Gasteiger charge is -2.10. The third-order valence-corrected chi connectivity index (χ3v) is 5.19. The summed E-state index contributed by atoms with van der Waals surface area (Å²) < 4.78 is 2.06. The number of aromatic nitrogens is 2. The molecule has 5 nitrogen and oxygen atoms in total. The van der Waals surface area contributed by atoms with Crippen molar-refractivity contribution >= 4 is 29.9 Å². The first-order valence-electron chi connectivity index (χ1n) is 10.5. The molecule has 0 atom stereocenters. The van der Waals surface area contributed by atoms with E-state index in [2.05, 4.69) is 74.5 Å². The Balaban J connectivity index is 0.00000289. The van der Waals surface area contributed by atoms with Crippen LogP contribution in [0.4, 0.5) is 0 Å². The van der Waals surface area contributed by atoms with E-state index in [1.54, 1.807) is 6.20 Å². The van der Waals surface area contributed by atoms with Gasteiger partial charge in [-0.2, -0.15) is 0 Å². The van der Waals surface area contributed by atoms with E-state index in [1.165, 1.54) is 22.3 Å². The minimum atomic E-state index is 0. The fourth-order valence-corrected chi connectivity index (χ4v) is 3.53. The molecule has 0 saturated carbocycles. The van der Waals surface area contributed by atoms with Crippen LogP contribution in [0.5, 0.6) is 0 Å². The largest absolute Gasteiger partial charge is 0.370 e. The Labute approximate surface area is 206 Å². The highest BCUT2D eigenvalue weighted by molar-refractivity contribution is 14.0. The quantitative estimate of drug-likeness (QED) is 0.192. The van der Waals surface area contributed by atoms with Crippen LogP contribution in [-0.4, -0.2) is 22.1 Å². The fourth-order valence-electron chi connectivity index (χ4n) is 3.53. The maximum absolute atomic E-state index is 6.09. The number of imidazole rings is 1. The molecule has 6 heteroatoms. The zero-order chi connectivity index (χ0) is 21.3. The van der Waals surface area contributed by atoms with Gasteiger partial charge in [0.15, 0.2) is 5.96 Å². The SMILES string of the molecule is I.NC(=NCc1ccccc1-c1ccc(Cn2ccnc2)cc1)NCCc1ccccc1. The first-order valence-corrected chi connectivity index (χ1v) is 10.5. The molecule has 3 aromatic carbocycles. The van der Waals surface area contributed by atoms with Crippen molar-refractivity contribution in [3.8, 4) is 11.1 Å². The second-order valence-electron chi connectivity index (χ2n) is 7.45. The molecule has 0 amide bonds. The molecule has 0 spiro atoms. The third kappa shape index (κ3) is 6.68. The Morgan fingerprint density at radius 3 is 2.41 bits per heavy atom. The maximum atomic E-state index is 6.09. The molecule has 0 saturated heterocycles. The normalized spacial score (nSPS) is 11.1. The summed E-state index contributed by atoms with van der Waals surface area (Å²) in [6.45, 7) is 2.12. The van der Waals surface area contributed by atoms with Crippen molar-refractivity contribution in [1.29, 1.82) is 0 Å². The predicted octanol–water partition coefficient (Wildman–Crippen LogP) is 4.86. The number of nitrogens with one attached hydrogen (secondary N) is 1. The number of nitrogens with zero attached hydrogens (tertiary/aromatic N) is 3. The highest BCUT2D eigenvalue weighted by Gasteiger charge is 2.05. The molecule has 32 heavy (non-hydrogen) atoms. The van der Waals surface area contributed by atoms with Gasteiger partial charge in [-0.05, 0) is 34.2 Å². The van der Waals surface area contributed by atoms with Gasteiger partial charge in [-0.15, -0.1) is 24.0 Å². The van der Waals surface area contributed by atoms with Crippen molar-refractivity contribution in [3.05, 3.63) is 114 Å². The standard InChI is InChI=1S/C26H27N5.HI/c27-26(29-15-14-21-6-2-1-3-7-21)30-18-24-8-4-5-9-25(24)23-12-10-22(11-13-23)19-31-17-16-28-20-31;/h1-13,16-17,20H,14-15,18-19H2,(H3,27,29,30);1H. The topological polar surface area (TPSA) is 68.2 Å². The third-order valence-electron chi connectivity index (χ3n) is 5.19. The Kier molecular flexibility index (Phi) is 8.86. The highest BCUT2D eigenvalue weighted by Crippen LogP contribution is 2.25. The first kappa shape index (κ1) is 23.5. The molecule has 0 bridgehead atoms. The molecule has 164 valence electrons. The number of halogens is 1. The van der Waals surface area contributed by atoms with Crippen molar-refractivity contribution in [2.24, 2.45) is 10.7 Å². The lowest BCUT2D eigenvalue weighted by atomic mass is 9.98. The lowest BCUT2D eigenvalue weighted by Crippen LogP contribution is -2.33. The van der Waals surface area contributed by atoms with E-state index in [9.17, 15) is 0 Å². The molecule has 0 unspecified atom stereocenters. The van der Waals surface area contributed by atoms with Crippen LogP contribution in [0, 0.1) is 0 Å². The van der Waals surface area contributed by atoms with Gasteiger partial charge in [0, 0.05) is 25.5 Å². The van der Waals surface area contributed by atoms with Gasteiger partial charge in [-0.3, -0.25) is 0 Å². The van der Waals surface area contributed by atoms with Crippen LogP contribution in [0.15, 0.2) is 103 Å². The Bertz CT molecular complexity index is 1110. The first-order chi connectivity index (χ1) is 15.3. The summed E-state index contributed by atoms with van der Waals surface area (Å²) in [5, 5.41) is 3.21. The molecule has 1 heterocycles. The summed E-state index contributed by atoms with van der Waals surface area (Å²) >= 11 is 0. The summed E-state index contributed by atoms with van der Waals surface area (Å²) in [7, 11) is 0. The van der Waals surface area contributed by atoms with Gasteiger partial charge >= 0.3 is 0 Å². The minimum absolute atomic E-state index is 0. The monoisotopic (exact) mass is 537 g/mol. The van der Waals surface area contributed by atoms with Crippen molar-refractivity contribution < 1.29 is 0 Å². The average Bonchev–Trinajstić information content (AvgIpc) is 3.32. The zero-order valence-corrected chi connectivity index (χ0v) is 20.2. The van der Waals surface area contributed by atoms with Gasteiger partial charge in [0.1, 0.15) is 0 Å². The second kappa shape index (κ2) is 12.0. The number of aliphatic imine (C=N–C) groups is 1. The van der Waals surface area contributed by atoms with Crippen LogP contribution in [-0.2, 0) is 19.5 Å². The molecule has 4 rings (SSSR count). The molecule has 0 aliphatic carbocycles. The number of nitrogens with two attached hydrogens (primary N) is 1. The van der Waals surface area contributed by atoms with Crippen molar-refractivity contribution in [2.45, 2.75) is 19.5 Å². The van der Waals surface area contributed by atoms with Crippen LogP contribution in [0.25, 0.3) is 11.1 Å². The molecular formula is C26H28IN5. The number of rotatable bonds is 8. The molecule has 0 fully saturated rings. The summed E-state index contributed by atoms with van der Waals surface area (Å²) in [5.41, 5.74) is 12.1. The van der Waals surface area contributed by atoms with Crippen LogP contribution in [0.1, 0.15) is 16.7 Å². The zero-order valence-electron chi connectivity index (χ0n) is 17.9. The second-order valence-corrected chi connectivity index (χ2v) is 7.45. The van der Waals surface area contributed by atoms with E-state index in [-0.39, 0.29) is 24.0 Å². The van der Waals surface area contributed by atoms with Gasteiger partial charge < -0.3 is 15.6 Å². The van der Waals surface area contributed by atoms with Crippen LogP contribution in [0.3, 0.4) is 0 Å². The van der Waals surface area contributed by atoms with Crippen LogP contribution >= 0.6 is 24.0 Å². The van der Waals surface area contributed by atoms with Gasteiger partial charge in [0.2, 0.25) is 0 Å². The number of guanidine groups is 1. The molecule has 4 aromatic rings. The molecule has 0 aliphatic heterocycles. The summed E-state index contributed by atoms with van der Waals surface area (Å²) in [6.07, 6.45) is 6.52. The molecule has 1 aromatic heterocycles. The molecule has 3 N–H and O–H groups in total. The van der Waals surface area contributed by atoms with E-state index < -0.39 is 0 Å². The molecular weight excluding hydrogens is 509 g/mol. The van der Waals surface area contributed by atoms with E-state index in [1.807, 2.05) is 36.8 Å². The highest BCUT2D eigenvalue weighted by atomic mass is 127. The Morgan fingerprint density at radius 2 is 1.66 bits per heavy atom. The van der Waals surface area contributed by atoms with E-state index in [0.717, 1.165) is 25.1 Å². The maximum Gasteiger partial charge on any atom is 0.188 e. The van der Waals surface area contributed by atoms with Crippen LogP contribution in [0.2, 0.25) is 0 Å². The van der Waals surface area contributed by atoms with Crippen molar-refractivity contribution in [3.63, 3.8) is 0 Å². The number of benzene rings is 3. The smallest absolute Gasteiger partial charge is 0.188 e. The summed E-state index contributed by atoms with van der Waals surface area (Å²) in [5.74, 6) is 0.474. The lowest BCUT2D eigenvalue weighted by molar-refractivity contribution is 0.797. The van der Waals surface area contributed by atoms with Crippen molar-refractivity contribution in [2.75, 3.05) is 6.54 Å².